The van der Waals surface area contributed by atoms with Crippen molar-refractivity contribution in [2.24, 2.45) is 0 Å². The fraction of sp³-hybridized carbons (Fsp3) is 0.929. The zero-order valence-electron chi connectivity index (χ0n) is 13.2. The number of sulfonamides is 1. The number of carbonyl (C=O) groups is 1. The minimum Gasteiger partial charge on any atom is -0.343 e. The van der Waals surface area contributed by atoms with Gasteiger partial charge in [0.25, 0.3) is 0 Å². The average Bonchev–Trinajstić information content (AvgIpc) is 2.91. The second-order valence-electron chi connectivity index (χ2n) is 6.09. The van der Waals surface area contributed by atoms with Gasteiger partial charge in [0.05, 0.1) is 5.75 Å². The third kappa shape index (κ3) is 6.02. The molecule has 1 amide bonds. The van der Waals surface area contributed by atoms with Crippen LogP contribution in [0, 0.1) is 0 Å². The van der Waals surface area contributed by atoms with Crippen LogP contribution in [0.5, 0.6) is 0 Å². The SMILES string of the molecule is CCCS(=O)(=O)NC1CCN(C(=O)CC2CCCN2)CC1.Cl. The van der Waals surface area contributed by atoms with E-state index in [1.807, 2.05) is 11.8 Å². The molecular formula is C14H28ClN3O3S. The van der Waals surface area contributed by atoms with Gasteiger partial charge < -0.3 is 10.2 Å². The number of piperidine rings is 1. The summed E-state index contributed by atoms with van der Waals surface area (Å²) in [5, 5.41) is 3.34. The van der Waals surface area contributed by atoms with Crippen molar-refractivity contribution < 1.29 is 13.2 Å². The van der Waals surface area contributed by atoms with Crippen molar-refractivity contribution in [3.05, 3.63) is 0 Å². The molecular weight excluding hydrogens is 326 g/mol. The van der Waals surface area contributed by atoms with Gasteiger partial charge in [-0.2, -0.15) is 0 Å². The molecule has 8 heteroatoms. The second-order valence-corrected chi connectivity index (χ2v) is 7.96. The normalized spacial score (nSPS) is 23.3. The summed E-state index contributed by atoms with van der Waals surface area (Å²) in [6.07, 6.45) is 4.87. The quantitative estimate of drug-likeness (QED) is 0.742. The summed E-state index contributed by atoms with van der Waals surface area (Å²) in [5.74, 6) is 0.378. The molecule has 0 aromatic heterocycles. The first kappa shape index (κ1) is 19.7. The van der Waals surface area contributed by atoms with Crippen LogP contribution >= 0.6 is 12.4 Å². The lowest BCUT2D eigenvalue weighted by Gasteiger charge is -2.32. The molecule has 0 aromatic rings. The van der Waals surface area contributed by atoms with Gasteiger partial charge in [-0.1, -0.05) is 6.92 Å². The summed E-state index contributed by atoms with van der Waals surface area (Å²) in [6.45, 7) is 4.19. The molecule has 22 heavy (non-hydrogen) atoms. The summed E-state index contributed by atoms with van der Waals surface area (Å²) in [6, 6.07) is 0.313. The molecule has 2 heterocycles. The number of carbonyl (C=O) groups excluding carboxylic acids is 1. The van der Waals surface area contributed by atoms with E-state index in [4.69, 9.17) is 0 Å². The minimum absolute atomic E-state index is 0. The molecule has 6 nitrogen and oxygen atoms in total. The van der Waals surface area contributed by atoms with Crippen molar-refractivity contribution in [1.82, 2.24) is 14.9 Å². The molecule has 2 aliphatic heterocycles. The highest BCUT2D eigenvalue weighted by Crippen LogP contribution is 2.15. The van der Waals surface area contributed by atoms with Gasteiger partial charge in [0.1, 0.15) is 0 Å². The van der Waals surface area contributed by atoms with E-state index in [1.54, 1.807) is 0 Å². The Kier molecular flexibility index (Phi) is 8.10. The summed E-state index contributed by atoms with van der Waals surface area (Å²) in [5.41, 5.74) is 0. The van der Waals surface area contributed by atoms with Crippen molar-refractivity contribution in [2.75, 3.05) is 25.4 Å². The first-order valence-corrected chi connectivity index (χ1v) is 9.66. The predicted octanol–water partition coefficient (Wildman–Crippen LogP) is 0.871. The van der Waals surface area contributed by atoms with Gasteiger partial charge in [-0.15, -0.1) is 12.4 Å². The Hall–Kier alpha value is -0.370. The Balaban J connectivity index is 0.00000242. The zero-order chi connectivity index (χ0) is 15.3. The van der Waals surface area contributed by atoms with Crippen molar-refractivity contribution in [3.63, 3.8) is 0 Å². The van der Waals surface area contributed by atoms with Gasteiger partial charge in [0, 0.05) is 31.6 Å². The van der Waals surface area contributed by atoms with Crippen LogP contribution in [-0.2, 0) is 14.8 Å². The predicted molar refractivity (Wildman–Crippen MR) is 89.7 cm³/mol. The van der Waals surface area contributed by atoms with Crippen molar-refractivity contribution in [3.8, 4) is 0 Å². The number of likely N-dealkylation sites (tertiary alicyclic amines) is 1. The van der Waals surface area contributed by atoms with Crippen LogP contribution in [0.15, 0.2) is 0 Å². The number of halogens is 1. The van der Waals surface area contributed by atoms with E-state index >= 15 is 0 Å². The first-order chi connectivity index (χ1) is 10.00. The molecule has 130 valence electrons. The van der Waals surface area contributed by atoms with Gasteiger partial charge >= 0.3 is 0 Å². The molecule has 2 saturated heterocycles. The standard InChI is InChI=1S/C14H27N3O3S.ClH/c1-2-10-21(19,20)16-12-5-8-17(9-6-12)14(18)11-13-4-3-7-15-13;/h12-13,15-16H,2-11H2,1H3;1H. The van der Waals surface area contributed by atoms with Crippen LogP contribution in [0.4, 0.5) is 0 Å². The van der Waals surface area contributed by atoms with E-state index in [9.17, 15) is 13.2 Å². The molecule has 0 saturated carbocycles. The number of hydrogen-bond acceptors (Lipinski definition) is 4. The monoisotopic (exact) mass is 353 g/mol. The highest BCUT2D eigenvalue weighted by molar-refractivity contribution is 7.89. The minimum atomic E-state index is -3.15. The maximum absolute atomic E-state index is 12.2. The maximum atomic E-state index is 12.2. The summed E-state index contributed by atoms with van der Waals surface area (Å²) >= 11 is 0. The molecule has 2 rings (SSSR count). The molecule has 0 aromatic carbocycles. The Morgan fingerprint density at radius 1 is 1.27 bits per heavy atom. The molecule has 0 bridgehead atoms. The fourth-order valence-electron chi connectivity index (χ4n) is 3.10. The average molecular weight is 354 g/mol. The van der Waals surface area contributed by atoms with Gasteiger partial charge in [0.2, 0.25) is 15.9 Å². The Bertz CT molecular complexity index is 444. The number of hydrogen-bond donors (Lipinski definition) is 2. The number of nitrogens with one attached hydrogen (secondary N) is 2. The van der Waals surface area contributed by atoms with E-state index in [0.717, 1.165) is 19.4 Å². The second kappa shape index (κ2) is 9.05. The lowest BCUT2D eigenvalue weighted by atomic mass is 10.0. The fourth-order valence-corrected chi connectivity index (χ4v) is 4.50. The number of amides is 1. The third-order valence-corrected chi connectivity index (χ3v) is 5.89. The Morgan fingerprint density at radius 3 is 2.50 bits per heavy atom. The van der Waals surface area contributed by atoms with E-state index in [0.29, 0.717) is 44.8 Å². The van der Waals surface area contributed by atoms with Crippen LogP contribution in [0.2, 0.25) is 0 Å². The van der Waals surface area contributed by atoms with Crippen LogP contribution in [0.3, 0.4) is 0 Å². The molecule has 2 aliphatic rings. The summed E-state index contributed by atoms with van der Waals surface area (Å²) < 4.78 is 26.2. The first-order valence-electron chi connectivity index (χ1n) is 8.01. The highest BCUT2D eigenvalue weighted by atomic mass is 35.5. The molecule has 2 fully saturated rings. The highest BCUT2D eigenvalue weighted by Gasteiger charge is 2.27. The van der Waals surface area contributed by atoms with Gasteiger partial charge in [-0.25, -0.2) is 13.1 Å². The van der Waals surface area contributed by atoms with Crippen molar-refractivity contribution >= 4 is 28.3 Å². The number of nitrogens with zero attached hydrogens (tertiary/aromatic N) is 1. The van der Waals surface area contributed by atoms with Gasteiger partial charge in [-0.05, 0) is 38.6 Å². The zero-order valence-corrected chi connectivity index (χ0v) is 14.8. The van der Waals surface area contributed by atoms with E-state index < -0.39 is 10.0 Å². The van der Waals surface area contributed by atoms with Crippen LogP contribution in [0.25, 0.3) is 0 Å². The van der Waals surface area contributed by atoms with Gasteiger partial charge in [0.15, 0.2) is 0 Å². The van der Waals surface area contributed by atoms with Crippen LogP contribution < -0.4 is 10.0 Å². The number of rotatable bonds is 6. The largest absolute Gasteiger partial charge is 0.343 e. The lowest BCUT2D eigenvalue weighted by Crippen LogP contribution is -2.47. The molecule has 2 N–H and O–H groups in total. The smallest absolute Gasteiger partial charge is 0.224 e. The molecule has 1 unspecified atom stereocenters. The van der Waals surface area contributed by atoms with Crippen molar-refractivity contribution in [2.45, 2.75) is 57.5 Å². The van der Waals surface area contributed by atoms with Crippen LogP contribution in [0.1, 0.15) is 45.4 Å². The molecule has 0 spiro atoms. The summed E-state index contributed by atoms with van der Waals surface area (Å²) in [4.78, 5) is 14.1. The van der Waals surface area contributed by atoms with E-state index in [2.05, 4.69) is 10.0 Å². The third-order valence-electron chi connectivity index (χ3n) is 4.25. The van der Waals surface area contributed by atoms with Gasteiger partial charge in [-0.3, -0.25) is 4.79 Å². The molecule has 0 aliphatic carbocycles. The molecule has 0 radical (unpaired) electrons. The van der Waals surface area contributed by atoms with E-state index in [-0.39, 0.29) is 30.1 Å². The maximum Gasteiger partial charge on any atom is 0.224 e. The van der Waals surface area contributed by atoms with Crippen molar-refractivity contribution in [1.29, 1.82) is 0 Å². The van der Waals surface area contributed by atoms with Crippen LogP contribution in [-0.4, -0.2) is 56.7 Å². The lowest BCUT2D eigenvalue weighted by molar-refractivity contribution is -0.132. The topological polar surface area (TPSA) is 78.5 Å². The summed E-state index contributed by atoms with van der Waals surface area (Å²) in [7, 11) is -3.15. The van der Waals surface area contributed by atoms with E-state index in [1.165, 1.54) is 0 Å². The molecule has 1 atom stereocenters. The Morgan fingerprint density at radius 2 is 1.95 bits per heavy atom. The Labute approximate surface area is 139 Å².